The smallest absolute Gasteiger partial charge is 0.294 e. The molecule has 115 valence electrons. The second-order valence-corrected chi connectivity index (χ2v) is 5.32. The fourth-order valence-electron chi connectivity index (χ4n) is 2.82. The van der Waals surface area contributed by atoms with E-state index >= 15 is 0 Å². The summed E-state index contributed by atoms with van der Waals surface area (Å²) < 4.78 is 38.5. The highest BCUT2D eigenvalue weighted by Gasteiger charge is 2.38. The van der Waals surface area contributed by atoms with Crippen LogP contribution in [0.2, 0.25) is 0 Å². The van der Waals surface area contributed by atoms with Crippen molar-refractivity contribution in [1.82, 2.24) is 15.1 Å². The molecule has 0 saturated carbocycles. The van der Waals surface area contributed by atoms with E-state index in [-0.39, 0.29) is 30.4 Å². The number of ketones is 1. The number of fused-ring (bicyclic) bond motifs is 1. The first kappa shape index (κ1) is 14.8. The predicted octanol–water partition coefficient (Wildman–Crippen LogP) is 2.99. The van der Waals surface area contributed by atoms with Gasteiger partial charge in [0.05, 0.1) is 6.20 Å². The molecule has 0 spiro atoms. The molecule has 1 radical (unpaired) electrons. The van der Waals surface area contributed by atoms with Gasteiger partial charge in [-0.3, -0.25) is 14.8 Å². The number of benzene rings is 1. The van der Waals surface area contributed by atoms with Gasteiger partial charge in [-0.15, -0.1) is 0 Å². The number of hydrogen-bond acceptors (Lipinski definition) is 3. The van der Waals surface area contributed by atoms with Crippen LogP contribution in [0.15, 0.2) is 24.3 Å². The maximum Gasteiger partial charge on any atom is 0.435 e. The van der Waals surface area contributed by atoms with Gasteiger partial charge in [-0.25, -0.2) is 0 Å². The Hall–Kier alpha value is -2.15. The van der Waals surface area contributed by atoms with Crippen LogP contribution in [-0.2, 0) is 12.7 Å². The number of alkyl halides is 3. The van der Waals surface area contributed by atoms with Gasteiger partial charge in [0.15, 0.2) is 11.5 Å². The summed E-state index contributed by atoms with van der Waals surface area (Å²) in [7, 11) is 1.70. The molecule has 1 atom stereocenters. The third-order valence-corrected chi connectivity index (χ3v) is 3.87. The quantitative estimate of drug-likeness (QED) is 0.948. The minimum absolute atomic E-state index is 0.0115. The third kappa shape index (κ3) is 2.52. The van der Waals surface area contributed by atoms with Crippen LogP contribution in [0.4, 0.5) is 13.2 Å². The van der Waals surface area contributed by atoms with Crippen molar-refractivity contribution in [2.45, 2.75) is 25.2 Å². The van der Waals surface area contributed by atoms with Crippen molar-refractivity contribution in [3.63, 3.8) is 0 Å². The largest absolute Gasteiger partial charge is 0.435 e. The van der Waals surface area contributed by atoms with E-state index in [1.54, 1.807) is 24.1 Å². The first-order chi connectivity index (χ1) is 10.4. The van der Waals surface area contributed by atoms with Gasteiger partial charge in [0.2, 0.25) is 0 Å². The van der Waals surface area contributed by atoms with Gasteiger partial charge in [-0.05, 0) is 12.6 Å². The second-order valence-electron chi connectivity index (χ2n) is 5.32. The summed E-state index contributed by atoms with van der Waals surface area (Å²) in [5.74, 6) is 0.0136. The van der Waals surface area contributed by atoms with Crippen LogP contribution in [-0.4, -0.2) is 27.9 Å². The summed E-state index contributed by atoms with van der Waals surface area (Å²) in [6.45, 7) is 0.0115. The lowest BCUT2D eigenvalue weighted by atomic mass is 10.1. The van der Waals surface area contributed by atoms with E-state index in [9.17, 15) is 18.0 Å². The number of hydrogen-bond donors (Lipinski definition) is 1. The van der Waals surface area contributed by atoms with Crippen molar-refractivity contribution in [1.29, 1.82) is 0 Å². The van der Waals surface area contributed by atoms with Gasteiger partial charge in [0.1, 0.15) is 0 Å². The minimum Gasteiger partial charge on any atom is -0.294 e. The molecular weight excluding hydrogens is 295 g/mol. The predicted molar refractivity (Wildman–Crippen MR) is 72.0 cm³/mol. The topological polar surface area (TPSA) is 49.0 Å². The first-order valence-corrected chi connectivity index (χ1v) is 6.72. The number of nitrogens with one attached hydrogen (secondary N) is 1. The molecular formula is C15H13F3N3O. The molecule has 7 heteroatoms. The lowest BCUT2D eigenvalue weighted by molar-refractivity contribution is -0.142. The Bertz CT molecular complexity index is 708. The number of rotatable bonds is 3. The first-order valence-electron chi connectivity index (χ1n) is 6.72. The number of aromatic amines is 1. The Morgan fingerprint density at radius 3 is 2.86 bits per heavy atom. The summed E-state index contributed by atoms with van der Waals surface area (Å²) in [5.41, 5.74) is 0.488. The minimum atomic E-state index is -4.52. The van der Waals surface area contributed by atoms with Crippen molar-refractivity contribution >= 4 is 5.78 Å². The molecule has 1 aromatic carbocycles. The molecule has 0 aliphatic heterocycles. The highest BCUT2D eigenvalue weighted by Crippen LogP contribution is 2.36. The molecule has 4 nitrogen and oxygen atoms in total. The van der Waals surface area contributed by atoms with Gasteiger partial charge < -0.3 is 0 Å². The lowest BCUT2D eigenvalue weighted by Crippen LogP contribution is -2.24. The zero-order valence-electron chi connectivity index (χ0n) is 11.7. The standard InChI is InChI=1S/C15H13F3N3O/c1-21(8-9-7-19-20-14(9)15(16,17)18)12-6-13(22)11-5-3-2-4-10(11)12/h2-5,12H,6,8H2,1H3,(H,19,20). The average Bonchev–Trinajstić information content (AvgIpc) is 3.04. The number of nitrogens with zero attached hydrogens (tertiary/aromatic N) is 2. The lowest BCUT2D eigenvalue weighted by Gasteiger charge is -2.24. The molecule has 1 N–H and O–H groups in total. The maximum absolute atomic E-state index is 12.8. The van der Waals surface area contributed by atoms with Gasteiger partial charge in [-0.2, -0.15) is 18.3 Å². The van der Waals surface area contributed by atoms with E-state index in [1.165, 1.54) is 0 Å². The van der Waals surface area contributed by atoms with E-state index in [0.29, 0.717) is 5.56 Å². The van der Waals surface area contributed by atoms with Crippen LogP contribution in [0.1, 0.15) is 39.6 Å². The summed E-state index contributed by atoms with van der Waals surface area (Å²) in [6, 6.07) is 6.96. The summed E-state index contributed by atoms with van der Waals surface area (Å²) in [5, 5.41) is 5.37. The number of aromatic nitrogens is 2. The van der Waals surface area contributed by atoms with E-state index in [1.807, 2.05) is 12.1 Å². The normalized spacial score (nSPS) is 18.0. The van der Waals surface area contributed by atoms with Gasteiger partial charge in [-0.1, -0.05) is 24.3 Å². The Labute approximate surface area is 124 Å². The van der Waals surface area contributed by atoms with E-state index in [2.05, 4.69) is 16.4 Å². The van der Waals surface area contributed by atoms with Crippen molar-refractivity contribution in [2.24, 2.45) is 0 Å². The molecule has 1 unspecified atom stereocenters. The van der Waals surface area contributed by atoms with Crippen LogP contribution >= 0.6 is 0 Å². The highest BCUT2D eigenvalue weighted by molar-refractivity contribution is 6.01. The SMILES string of the molecule is CN(Cc1[c][nH]nc1C(F)(F)F)C1CC(=O)c2ccccc21. The molecule has 0 fully saturated rings. The van der Waals surface area contributed by atoms with Crippen molar-refractivity contribution < 1.29 is 18.0 Å². The number of H-pyrrole nitrogens is 1. The molecule has 1 aliphatic carbocycles. The molecule has 22 heavy (non-hydrogen) atoms. The van der Waals surface area contributed by atoms with Crippen molar-refractivity contribution in [3.8, 4) is 0 Å². The number of halogens is 3. The third-order valence-electron chi connectivity index (χ3n) is 3.87. The molecule has 3 rings (SSSR count). The Kier molecular flexibility index (Phi) is 3.52. The van der Waals surface area contributed by atoms with E-state index in [4.69, 9.17) is 0 Å². The molecule has 0 saturated heterocycles. The van der Waals surface area contributed by atoms with Crippen molar-refractivity contribution in [2.75, 3.05) is 7.05 Å². The van der Waals surface area contributed by atoms with Crippen LogP contribution in [0.5, 0.6) is 0 Å². The summed E-state index contributed by atoms with van der Waals surface area (Å²) >= 11 is 0. The number of Topliss-reactive ketones (excluding diaryl/α,β-unsaturated/α-hetero) is 1. The van der Waals surface area contributed by atoms with Crippen LogP contribution < -0.4 is 0 Å². The van der Waals surface area contributed by atoms with E-state index in [0.717, 1.165) is 5.56 Å². The summed E-state index contributed by atoms with van der Waals surface area (Å²) in [6.07, 6.45) is -1.83. The maximum atomic E-state index is 12.8. The van der Waals surface area contributed by atoms with Crippen LogP contribution in [0, 0.1) is 6.20 Å². The molecule has 0 amide bonds. The zero-order valence-corrected chi connectivity index (χ0v) is 11.7. The average molecular weight is 308 g/mol. The molecule has 1 aromatic heterocycles. The van der Waals surface area contributed by atoms with E-state index < -0.39 is 11.9 Å². The highest BCUT2D eigenvalue weighted by atomic mass is 19.4. The number of carbonyl (C=O) groups excluding carboxylic acids is 1. The van der Waals surface area contributed by atoms with Gasteiger partial charge >= 0.3 is 6.18 Å². The fourth-order valence-corrected chi connectivity index (χ4v) is 2.82. The molecule has 1 heterocycles. The number of carbonyl (C=O) groups is 1. The molecule has 2 aromatic rings. The second kappa shape index (κ2) is 5.24. The fraction of sp³-hybridized carbons (Fsp3) is 0.333. The monoisotopic (exact) mass is 308 g/mol. The molecule has 1 aliphatic rings. The Balaban J connectivity index is 1.84. The van der Waals surface area contributed by atoms with Gasteiger partial charge in [0, 0.05) is 30.1 Å². The Morgan fingerprint density at radius 1 is 1.41 bits per heavy atom. The zero-order chi connectivity index (χ0) is 15.9. The van der Waals surface area contributed by atoms with Crippen LogP contribution in [0.25, 0.3) is 0 Å². The van der Waals surface area contributed by atoms with Crippen LogP contribution in [0.3, 0.4) is 0 Å². The van der Waals surface area contributed by atoms with Gasteiger partial charge in [0.25, 0.3) is 0 Å². The van der Waals surface area contributed by atoms with Crippen molar-refractivity contribution in [3.05, 3.63) is 52.8 Å². The summed E-state index contributed by atoms with van der Waals surface area (Å²) in [4.78, 5) is 13.7. The Morgan fingerprint density at radius 2 is 2.14 bits per heavy atom. The molecule has 0 bridgehead atoms.